The number of urea groups is 1. The third-order valence-corrected chi connectivity index (χ3v) is 6.85. The van der Waals surface area contributed by atoms with Crippen LogP contribution in [0.3, 0.4) is 0 Å². The summed E-state index contributed by atoms with van der Waals surface area (Å²) in [7, 11) is 2.55. The Hall–Kier alpha value is -4.52. The molecular weight excluding hydrogens is 518 g/mol. The van der Waals surface area contributed by atoms with Crippen LogP contribution in [0.5, 0.6) is 5.75 Å². The van der Waals surface area contributed by atoms with Crippen molar-refractivity contribution in [1.82, 2.24) is 20.4 Å². The molecule has 0 aliphatic carbocycles. The monoisotopic (exact) mass is 542 g/mol. The van der Waals surface area contributed by atoms with E-state index in [-0.39, 0.29) is 41.3 Å². The number of allylic oxidation sites excluding steroid dienone is 3. The highest BCUT2D eigenvalue weighted by Gasteiger charge is 2.57. The lowest BCUT2D eigenvalue weighted by atomic mass is 9.93. The van der Waals surface area contributed by atoms with Crippen molar-refractivity contribution in [2.24, 2.45) is 0 Å². The smallest absolute Gasteiger partial charge is 0.327 e. The summed E-state index contributed by atoms with van der Waals surface area (Å²) in [6.07, 6.45) is 2.79. The molecule has 1 aromatic rings. The Bertz CT molecular complexity index is 1430. The average Bonchev–Trinajstić information content (AvgIpc) is 3.50. The van der Waals surface area contributed by atoms with Crippen LogP contribution in [0.1, 0.15) is 15.9 Å². The van der Waals surface area contributed by atoms with Crippen LogP contribution in [-0.2, 0) is 25.6 Å². The molecule has 0 radical (unpaired) electrons. The van der Waals surface area contributed by atoms with Crippen molar-refractivity contribution in [2.45, 2.75) is 12.1 Å². The minimum atomic E-state index is -2.04. The number of carbonyl (C=O) groups excluding carboxylic acids is 4. The van der Waals surface area contributed by atoms with E-state index in [2.05, 4.69) is 17.2 Å². The molecule has 0 saturated carbocycles. The zero-order valence-electron chi connectivity index (χ0n) is 21.1. The summed E-state index contributed by atoms with van der Waals surface area (Å²) in [4.78, 5) is 54.1. The maximum atomic E-state index is 15.1. The Balaban J connectivity index is 1.57. The van der Waals surface area contributed by atoms with E-state index in [1.54, 1.807) is 0 Å². The van der Waals surface area contributed by atoms with Gasteiger partial charge in [0.05, 0.1) is 24.8 Å². The van der Waals surface area contributed by atoms with E-state index in [0.29, 0.717) is 11.1 Å². The van der Waals surface area contributed by atoms with E-state index >= 15 is 4.39 Å². The molecule has 2 fully saturated rings. The van der Waals surface area contributed by atoms with E-state index < -0.39 is 60.8 Å². The number of nitrogens with zero attached hydrogens (tertiary/aromatic N) is 2. The van der Waals surface area contributed by atoms with Gasteiger partial charge in [-0.3, -0.25) is 14.4 Å². The molecule has 1 aromatic carbocycles. The lowest BCUT2D eigenvalue weighted by Gasteiger charge is -2.33. The molecule has 1 atom stereocenters. The van der Waals surface area contributed by atoms with Gasteiger partial charge in [-0.05, 0) is 34.9 Å². The molecule has 4 heterocycles. The average molecular weight is 542 g/mol. The van der Waals surface area contributed by atoms with E-state index in [4.69, 9.17) is 14.2 Å². The molecule has 0 bridgehead atoms. The topological polar surface area (TPSA) is 127 Å². The number of benzene rings is 1. The van der Waals surface area contributed by atoms with Gasteiger partial charge in [-0.25, -0.2) is 18.5 Å². The molecule has 4 aliphatic rings. The Morgan fingerprint density at radius 1 is 1.15 bits per heavy atom. The van der Waals surface area contributed by atoms with Crippen molar-refractivity contribution in [3.8, 4) is 5.75 Å². The van der Waals surface area contributed by atoms with Crippen LogP contribution < -0.4 is 15.4 Å². The maximum absolute atomic E-state index is 15.1. The summed E-state index contributed by atoms with van der Waals surface area (Å²) >= 11 is 0. The Morgan fingerprint density at radius 2 is 1.92 bits per heavy atom. The van der Waals surface area contributed by atoms with Crippen LogP contribution >= 0.6 is 0 Å². The molecule has 2 saturated heterocycles. The fourth-order valence-electron chi connectivity index (χ4n) is 5.05. The maximum Gasteiger partial charge on any atom is 0.327 e. The zero-order valence-corrected chi connectivity index (χ0v) is 21.1. The van der Waals surface area contributed by atoms with Crippen molar-refractivity contribution in [3.05, 3.63) is 76.1 Å². The van der Waals surface area contributed by atoms with Crippen LogP contribution in [0.15, 0.2) is 59.2 Å². The summed E-state index contributed by atoms with van der Waals surface area (Å²) in [6, 6.07) is 2.07. The highest BCUT2D eigenvalue weighted by molar-refractivity contribution is 6.10. The molecule has 39 heavy (non-hydrogen) atoms. The van der Waals surface area contributed by atoms with Crippen LogP contribution in [0, 0.1) is 5.82 Å². The number of carbonyl (C=O) groups is 4. The second-order valence-corrected chi connectivity index (χ2v) is 9.27. The Kier molecular flexibility index (Phi) is 6.46. The van der Waals surface area contributed by atoms with Gasteiger partial charge in [0.1, 0.15) is 19.1 Å². The van der Waals surface area contributed by atoms with Gasteiger partial charge >= 0.3 is 6.03 Å². The first-order valence-corrected chi connectivity index (χ1v) is 11.8. The lowest BCUT2D eigenvalue weighted by molar-refractivity contribution is -0.135. The number of fused-ring (bicyclic) bond motifs is 2. The number of imide groups is 1. The first-order valence-electron chi connectivity index (χ1n) is 11.8. The molecule has 5 amide bonds. The van der Waals surface area contributed by atoms with E-state index in [0.717, 1.165) is 4.90 Å². The summed E-state index contributed by atoms with van der Waals surface area (Å²) in [5.41, 5.74) is -1.52. The molecule has 4 aliphatic heterocycles. The third-order valence-electron chi connectivity index (χ3n) is 6.85. The second kappa shape index (κ2) is 9.66. The molecule has 2 N–H and O–H groups in total. The summed E-state index contributed by atoms with van der Waals surface area (Å²) in [5, 5.41) is 5.10. The number of hydrogen-bond acceptors (Lipinski definition) is 7. The molecule has 11 nitrogen and oxygen atoms in total. The van der Waals surface area contributed by atoms with Gasteiger partial charge in [0.15, 0.2) is 22.9 Å². The molecule has 13 heteroatoms. The fourth-order valence-corrected chi connectivity index (χ4v) is 5.05. The number of ether oxygens (including phenoxy) is 3. The SMILES string of the molecule is C=C1C=C2CNC(=O)/C2=C(\F)CO/C([C@]2(CN3Cc4ccc(OC)c(F)c4C3=O)NC(=O)N(COC)C2=O)=C\1. The lowest BCUT2D eigenvalue weighted by Crippen LogP contribution is -2.57. The van der Waals surface area contributed by atoms with Crippen molar-refractivity contribution in [1.29, 1.82) is 0 Å². The zero-order chi connectivity index (χ0) is 28.1. The Morgan fingerprint density at radius 3 is 2.64 bits per heavy atom. The largest absolute Gasteiger partial charge is 0.494 e. The summed E-state index contributed by atoms with van der Waals surface area (Å²) < 4.78 is 45.8. The Labute approximate surface area is 221 Å². The van der Waals surface area contributed by atoms with E-state index in [9.17, 15) is 23.6 Å². The van der Waals surface area contributed by atoms with Gasteiger partial charge in [0.2, 0.25) is 0 Å². The van der Waals surface area contributed by atoms with E-state index in [1.807, 2.05) is 0 Å². The van der Waals surface area contributed by atoms with Crippen LogP contribution in [-0.4, -0.2) is 79.7 Å². The molecule has 204 valence electrons. The number of halogens is 2. The first kappa shape index (κ1) is 26.1. The predicted molar refractivity (Wildman–Crippen MR) is 130 cm³/mol. The number of amides is 5. The molecular formula is C26H24F2N4O7. The molecule has 0 spiro atoms. The molecule has 0 aromatic heterocycles. The highest BCUT2D eigenvalue weighted by Crippen LogP contribution is 2.36. The van der Waals surface area contributed by atoms with Crippen molar-refractivity contribution < 1.29 is 42.2 Å². The van der Waals surface area contributed by atoms with Crippen LogP contribution in [0.2, 0.25) is 0 Å². The standard InChI is InChI=1S/C26H24F2N4O7/c1-13-6-15-8-29-22(33)19(15)16(27)10-39-18(7-13)26(24(35)32(12-37-2)25(36)30-26)11-31-9-14-4-5-17(38-3)21(28)20(14)23(31)34/h4-7H,1,8-12H2,2-3H3,(H,29,33)(H,30,36)/b15-6?,18-7-,19-16-/t26-/m0/s1. The quantitative estimate of drug-likeness (QED) is 0.521. The highest BCUT2D eigenvalue weighted by atomic mass is 19.1. The van der Waals surface area contributed by atoms with E-state index in [1.165, 1.54) is 43.4 Å². The normalized spacial score (nSPS) is 26.1. The summed E-state index contributed by atoms with van der Waals surface area (Å²) in [5.74, 6) is -4.29. The molecule has 0 unspecified atom stereocenters. The summed E-state index contributed by atoms with van der Waals surface area (Å²) in [6.45, 7) is 2.26. The van der Waals surface area contributed by atoms with Crippen LogP contribution in [0.4, 0.5) is 13.6 Å². The first-order chi connectivity index (χ1) is 18.6. The molecule has 5 rings (SSSR count). The van der Waals surface area contributed by atoms with Crippen molar-refractivity contribution in [2.75, 3.05) is 40.6 Å². The van der Waals surface area contributed by atoms with Gasteiger partial charge in [-0.2, -0.15) is 0 Å². The number of methoxy groups -OCH3 is 2. The fraction of sp³-hybridized carbons (Fsp3) is 0.308. The van der Waals surface area contributed by atoms with Crippen molar-refractivity contribution in [3.63, 3.8) is 0 Å². The number of rotatable bonds is 6. The predicted octanol–water partition coefficient (Wildman–Crippen LogP) is 1.43. The number of nitrogens with one attached hydrogen (secondary N) is 2. The van der Waals surface area contributed by atoms with Crippen molar-refractivity contribution >= 4 is 23.8 Å². The van der Waals surface area contributed by atoms with Gasteiger partial charge in [-0.1, -0.05) is 12.6 Å². The minimum Gasteiger partial charge on any atom is -0.494 e. The minimum absolute atomic E-state index is 0.0712. The number of hydrogen-bond donors (Lipinski definition) is 2. The van der Waals surface area contributed by atoms with Crippen LogP contribution in [0.25, 0.3) is 0 Å². The second-order valence-electron chi connectivity index (χ2n) is 9.27. The van der Waals surface area contributed by atoms with Gasteiger partial charge < -0.3 is 29.7 Å². The van der Waals surface area contributed by atoms with Gasteiger partial charge in [-0.15, -0.1) is 0 Å². The van der Waals surface area contributed by atoms with Gasteiger partial charge in [0.25, 0.3) is 17.7 Å². The van der Waals surface area contributed by atoms with Gasteiger partial charge in [0, 0.05) is 20.2 Å². The third kappa shape index (κ3) is 4.14.